The van der Waals surface area contributed by atoms with Crippen LogP contribution in [0.2, 0.25) is 0 Å². The highest BCUT2D eigenvalue weighted by molar-refractivity contribution is 5.91. The maximum Gasteiger partial charge on any atom is 0.155 e. The van der Waals surface area contributed by atoms with Crippen LogP contribution in [0.25, 0.3) is 0 Å². The van der Waals surface area contributed by atoms with Crippen molar-refractivity contribution in [2.75, 3.05) is 0 Å². The number of rotatable bonds is 0. The maximum absolute atomic E-state index is 11.8. The van der Waals surface area contributed by atoms with Gasteiger partial charge in [0.15, 0.2) is 5.78 Å². The topological polar surface area (TPSA) is 17.1 Å². The summed E-state index contributed by atoms with van der Waals surface area (Å²) in [4.78, 5) is 11.8. The first-order valence-corrected chi connectivity index (χ1v) is 8.75. The first-order valence-electron chi connectivity index (χ1n) is 8.75. The minimum atomic E-state index is 0.320. The molecule has 5 unspecified atom stereocenters. The van der Waals surface area contributed by atoms with Crippen molar-refractivity contribution >= 4 is 5.78 Å². The third-order valence-corrected chi connectivity index (χ3v) is 7.82. The van der Waals surface area contributed by atoms with Gasteiger partial charge in [0.1, 0.15) is 0 Å². The van der Waals surface area contributed by atoms with E-state index in [0.29, 0.717) is 22.5 Å². The van der Waals surface area contributed by atoms with Gasteiger partial charge in [0.05, 0.1) is 0 Å². The molecule has 1 heteroatoms. The van der Waals surface area contributed by atoms with Crippen molar-refractivity contribution in [3.63, 3.8) is 0 Å². The zero-order chi connectivity index (χ0) is 14.0. The Morgan fingerprint density at radius 3 is 2.75 bits per heavy atom. The highest BCUT2D eigenvalue weighted by Gasteiger charge is 2.56. The average molecular weight is 272 g/mol. The van der Waals surface area contributed by atoms with Gasteiger partial charge in [0, 0.05) is 6.42 Å². The Bertz CT molecular complexity index is 464. The molecule has 0 aromatic carbocycles. The third kappa shape index (κ3) is 1.64. The Balaban J connectivity index is 1.68. The Morgan fingerprint density at radius 2 is 1.90 bits per heavy atom. The van der Waals surface area contributed by atoms with E-state index in [1.807, 2.05) is 6.08 Å². The van der Waals surface area contributed by atoms with E-state index in [0.717, 1.165) is 24.2 Å². The van der Waals surface area contributed by atoms with Crippen LogP contribution in [0.3, 0.4) is 0 Å². The smallest absolute Gasteiger partial charge is 0.155 e. The number of ketones is 1. The predicted octanol–water partition coefficient (Wildman–Crippen LogP) is 4.76. The standard InChI is InChI=1S/C19H28O/c1-18-9-3-4-16(18)15-6-5-13-12-14(20)7-11-19(13,2)17(15)8-10-18/h7,11,13,15-17H,3-6,8-10,12H2,1-2H3/t13-,15?,16?,17?,18?,19?/m0/s1. The minimum absolute atomic E-state index is 0.320. The van der Waals surface area contributed by atoms with Crippen LogP contribution in [-0.4, -0.2) is 5.78 Å². The van der Waals surface area contributed by atoms with E-state index in [1.54, 1.807) is 0 Å². The number of fused-ring (bicyclic) bond motifs is 5. The van der Waals surface area contributed by atoms with E-state index < -0.39 is 0 Å². The summed E-state index contributed by atoms with van der Waals surface area (Å²) >= 11 is 0. The normalized spacial score (nSPS) is 54.2. The molecule has 3 saturated carbocycles. The molecule has 0 spiro atoms. The first kappa shape index (κ1) is 13.1. The van der Waals surface area contributed by atoms with Gasteiger partial charge in [-0.1, -0.05) is 26.3 Å². The lowest BCUT2D eigenvalue weighted by Crippen LogP contribution is -2.51. The van der Waals surface area contributed by atoms with Gasteiger partial charge in [0.2, 0.25) is 0 Å². The van der Waals surface area contributed by atoms with Crippen molar-refractivity contribution in [1.29, 1.82) is 0 Å². The molecule has 0 heterocycles. The second kappa shape index (κ2) is 4.21. The molecular formula is C19H28O. The molecule has 3 fully saturated rings. The van der Waals surface area contributed by atoms with Crippen molar-refractivity contribution in [2.24, 2.45) is 34.5 Å². The van der Waals surface area contributed by atoms with Crippen LogP contribution in [0.15, 0.2) is 12.2 Å². The van der Waals surface area contributed by atoms with E-state index in [9.17, 15) is 4.79 Å². The number of carbonyl (C=O) groups excluding carboxylic acids is 1. The van der Waals surface area contributed by atoms with Gasteiger partial charge in [-0.25, -0.2) is 0 Å². The molecule has 4 aliphatic carbocycles. The van der Waals surface area contributed by atoms with Crippen molar-refractivity contribution in [3.8, 4) is 0 Å². The summed E-state index contributed by atoms with van der Waals surface area (Å²) in [5, 5.41) is 0. The van der Waals surface area contributed by atoms with Gasteiger partial charge < -0.3 is 0 Å². The summed E-state index contributed by atoms with van der Waals surface area (Å²) in [5.74, 6) is 3.77. The van der Waals surface area contributed by atoms with Gasteiger partial charge >= 0.3 is 0 Å². The summed E-state index contributed by atoms with van der Waals surface area (Å²) in [6.07, 6.45) is 15.0. The summed E-state index contributed by atoms with van der Waals surface area (Å²) in [6.45, 7) is 5.03. The fourth-order valence-electron chi connectivity index (χ4n) is 6.63. The lowest BCUT2D eigenvalue weighted by molar-refractivity contribution is -0.121. The summed E-state index contributed by atoms with van der Waals surface area (Å²) in [6, 6.07) is 0. The number of hydrogen-bond donors (Lipinski definition) is 0. The van der Waals surface area contributed by atoms with Crippen LogP contribution in [0, 0.1) is 34.5 Å². The number of allylic oxidation sites excluding steroid dienone is 2. The first-order chi connectivity index (χ1) is 9.53. The molecule has 0 aliphatic heterocycles. The summed E-state index contributed by atoms with van der Waals surface area (Å²) in [7, 11) is 0. The van der Waals surface area contributed by atoms with Crippen molar-refractivity contribution in [1.82, 2.24) is 0 Å². The van der Waals surface area contributed by atoms with Crippen molar-refractivity contribution < 1.29 is 4.79 Å². The molecule has 0 bridgehead atoms. The average Bonchev–Trinajstić information content (AvgIpc) is 2.81. The van der Waals surface area contributed by atoms with Crippen molar-refractivity contribution in [3.05, 3.63) is 12.2 Å². The second-order valence-corrected chi connectivity index (χ2v) is 8.61. The molecule has 1 nitrogen and oxygen atoms in total. The molecule has 0 N–H and O–H groups in total. The zero-order valence-electron chi connectivity index (χ0n) is 13.0. The fourth-order valence-corrected chi connectivity index (χ4v) is 6.63. The molecule has 0 saturated heterocycles. The van der Waals surface area contributed by atoms with Gasteiger partial charge in [-0.2, -0.15) is 0 Å². The second-order valence-electron chi connectivity index (χ2n) is 8.61. The van der Waals surface area contributed by atoms with E-state index in [4.69, 9.17) is 0 Å². The van der Waals surface area contributed by atoms with Crippen molar-refractivity contribution in [2.45, 2.75) is 65.2 Å². The third-order valence-electron chi connectivity index (χ3n) is 7.82. The van der Waals surface area contributed by atoms with Gasteiger partial charge in [-0.05, 0) is 79.1 Å². The quantitative estimate of drug-likeness (QED) is 0.621. The number of carbonyl (C=O) groups is 1. The van der Waals surface area contributed by atoms with E-state index in [-0.39, 0.29) is 0 Å². The Hall–Kier alpha value is -0.590. The van der Waals surface area contributed by atoms with Crippen LogP contribution in [0.1, 0.15) is 65.2 Å². The minimum Gasteiger partial charge on any atom is -0.295 e. The Labute approximate surface area is 123 Å². The molecule has 0 amide bonds. The summed E-state index contributed by atoms with van der Waals surface area (Å²) in [5.41, 5.74) is 0.972. The SMILES string of the molecule is CC12CCCC1C1CC[C@H]3CC(=O)C=CC3(C)C1CC2. The molecule has 110 valence electrons. The molecule has 0 aromatic heterocycles. The van der Waals surface area contributed by atoms with Gasteiger partial charge in [-0.3, -0.25) is 4.79 Å². The molecule has 0 radical (unpaired) electrons. The maximum atomic E-state index is 11.8. The Morgan fingerprint density at radius 1 is 1.05 bits per heavy atom. The van der Waals surface area contributed by atoms with E-state index in [1.165, 1.54) is 44.9 Å². The summed E-state index contributed by atoms with van der Waals surface area (Å²) < 4.78 is 0. The van der Waals surface area contributed by atoms with E-state index >= 15 is 0 Å². The fraction of sp³-hybridized carbons (Fsp3) is 0.842. The molecule has 6 atom stereocenters. The zero-order valence-corrected chi connectivity index (χ0v) is 13.0. The van der Waals surface area contributed by atoms with Crippen LogP contribution >= 0.6 is 0 Å². The monoisotopic (exact) mass is 272 g/mol. The Kier molecular flexibility index (Phi) is 2.76. The largest absolute Gasteiger partial charge is 0.295 e. The van der Waals surface area contributed by atoms with E-state index in [2.05, 4.69) is 19.9 Å². The van der Waals surface area contributed by atoms with Crippen LogP contribution < -0.4 is 0 Å². The lowest BCUT2D eigenvalue weighted by Gasteiger charge is -2.58. The van der Waals surface area contributed by atoms with Gasteiger partial charge in [0.25, 0.3) is 0 Å². The molecule has 4 aliphatic rings. The van der Waals surface area contributed by atoms with Crippen LogP contribution in [0.5, 0.6) is 0 Å². The highest BCUT2D eigenvalue weighted by Crippen LogP contribution is 2.64. The van der Waals surface area contributed by atoms with Crippen LogP contribution in [-0.2, 0) is 4.79 Å². The van der Waals surface area contributed by atoms with Crippen LogP contribution in [0.4, 0.5) is 0 Å². The lowest BCUT2D eigenvalue weighted by atomic mass is 9.46. The highest BCUT2D eigenvalue weighted by atomic mass is 16.1. The molecule has 0 aromatic rings. The number of hydrogen-bond acceptors (Lipinski definition) is 1. The molecule has 20 heavy (non-hydrogen) atoms. The predicted molar refractivity (Wildman–Crippen MR) is 81.3 cm³/mol. The molecule has 4 rings (SSSR count). The molecular weight excluding hydrogens is 244 g/mol. The van der Waals surface area contributed by atoms with Gasteiger partial charge in [-0.15, -0.1) is 0 Å².